The highest BCUT2D eigenvalue weighted by atomic mass is 16.2. The monoisotopic (exact) mass is 210 g/mol. The minimum absolute atomic E-state index is 0.0827. The average Bonchev–Trinajstić information content (AvgIpc) is 2.24. The van der Waals surface area contributed by atoms with Gasteiger partial charge in [0.2, 0.25) is 5.91 Å². The van der Waals surface area contributed by atoms with Gasteiger partial charge in [-0.05, 0) is 38.0 Å². The second-order valence-corrected chi connectivity index (χ2v) is 5.22. The van der Waals surface area contributed by atoms with E-state index in [1.807, 2.05) is 0 Å². The Labute approximate surface area is 91.8 Å². The first-order valence-electron chi connectivity index (χ1n) is 6.28. The number of rotatable bonds is 3. The van der Waals surface area contributed by atoms with E-state index in [4.69, 9.17) is 5.73 Å². The highest BCUT2D eigenvalue weighted by Gasteiger charge is 2.39. The molecule has 2 rings (SSSR count). The van der Waals surface area contributed by atoms with Crippen molar-refractivity contribution in [3.05, 3.63) is 0 Å². The highest BCUT2D eigenvalue weighted by molar-refractivity contribution is 5.86. The number of nitrogens with two attached hydrogens (primary N) is 1. The third kappa shape index (κ3) is 2.51. The van der Waals surface area contributed by atoms with Gasteiger partial charge in [-0.25, -0.2) is 0 Å². The van der Waals surface area contributed by atoms with E-state index in [0.29, 0.717) is 5.92 Å². The van der Waals surface area contributed by atoms with E-state index in [9.17, 15) is 4.79 Å². The Balaban J connectivity index is 1.70. The van der Waals surface area contributed by atoms with Crippen LogP contribution in [0, 0.1) is 5.92 Å². The van der Waals surface area contributed by atoms with Crippen LogP contribution in [0.4, 0.5) is 0 Å². The summed E-state index contributed by atoms with van der Waals surface area (Å²) in [5.74, 6) is 0.783. The van der Waals surface area contributed by atoms with Crippen molar-refractivity contribution < 1.29 is 4.79 Å². The van der Waals surface area contributed by atoms with Crippen LogP contribution in [-0.4, -0.2) is 18.0 Å². The average molecular weight is 210 g/mol. The van der Waals surface area contributed by atoms with Crippen molar-refractivity contribution >= 4 is 5.91 Å². The Morgan fingerprint density at radius 2 is 1.87 bits per heavy atom. The molecule has 0 heterocycles. The maximum atomic E-state index is 11.8. The zero-order chi connectivity index (χ0) is 10.7. The molecular weight excluding hydrogens is 188 g/mol. The minimum Gasteiger partial charge on any atom is -0.354 e. The summed E-state index contributed by atoms with van der Waals surface area (Å²) in [6.07, 6.45) is 9.41. The summed E-state index contributed by atoms with van der Waals surface area (Å²) in [4.78, 5) is 11.8. The van der Waals surface area contributed by atoms with Crippen molar-refractivity contribution in [2.75, 3.05) is 6.54 Å². The summed E-state index contributed by atoms with van der Waals surface area (Å²) in [6.45, 7) is 0.845. The van der Waals surface area contributed by atoms with E-state index in [0.717, 1.165) is 25.8 Å². The first-order valence-corrected chi connectivity index (χ1v) is 6.28. The molecule has 2 aliphatic rings. The van der Waals surface area contributed by atoms with Crippen LogP contribution >= 0.6 is 0 Å². The normalized spacial score (nSPS) is 25.7. The minimum atomic E-state index is -0.519. The second-order valence-electron chi connectivity index (χ2n) is 5.22. The Morgan fingerprint density at radius 3 is 2.40 bits per heavy atom. The van der Waals surface area contributed by atoms with Gasteiger partial charge in [0.05, 0.1) is 5.54 Å². The molecule has 0 aromatic heterocycles. The van der Waals surface area contributed by atoms with Crippen LogP contribution in [0.5, 0.6) is 0 Å². The van der Waals surface area contributed by atoms with E-state index >= 15 is 0 Å². The van der Waals surface area contributed by atoms with Crippen LogP contribution in [0.25, 0.3) is 0 Å². The molecule has 0 spiro atoms. The molecule has 3 N–H and O–H groups in total. The lowest BCUT2D eigenvalue weighted by Gasteiger charge is -2.36. The molecule has 2 fully saturated rings. The van der Waals surface area contributed by atoms with Crippen molar-refractivity contribution in [1.29, 1.82) is 0 Å². The van der Waals surface area contributed by atoms with Crippen LogP contribution in [0.2, 0.25) is 0 Å². The number of carbonyl (C=O) groups is 1. The fourth-order valence-corrected chi connectivity index (χ4v) is 2.59. The second kappa shape index (κ2) is 4.52. The molecule has 0 saturated heterocycles. The van der Waals surface area contributed by atoms with Crippen molar-refractivity contribution in [1.82, 2.24) is 5.32 Å². The summed E-state index contributed by atoms with van der Waals surface area (Å²) in [5.41, 5.74) is 5.43. The predicted molar refractivity (Wildman–Crippen MR) is 60.4 cm³/mol. The summed E-state index contributed by atoms with van der Waals surface area (Å²) in [5, 5.41) is 3.03. The van der Waals surface area contributed by atoms with Crippen LogP contribution in [0.1, 0.15) is 51.4 Å². The molecule has 2 saturated carbocycles. The largest absolute Gasteiger partial charge is 0.354 e. The molecule has 0 radical (unpaired) electrons. The molecule has 2 aliphatic carbocycles. The van der Waals surface area contributed by atoms with Gasteiger partial charge in [-0.15, -0.1) is 0 Å². The van der Waals surface area contributed by atoms with Gasteiger partial charge in [0.15, 0.2) is 0 Å². The van der Waals surface area contributed by atoms with Gasteiger partial charge in [0.25, 0.3) is 0 Å². The molecule has 3 heteroatoms. The van der Waals surface area contributed by atoms with Crippen LogP contribution < -0.4 is 11.1 Å². The Kier molecular flexibility index (Phi) is 3.29. The lowest BCUT2D eigenvalue weighted by Crippen LogP contribution is -2.59. The molecular formula is C12H22N2O. The van der Waals surface area contributed by atoms with Gasteiger partial charge in [-0.3, -0.25) is 4.79 Å². The standard InChI is InChI=1S/C12H22N2O/c13-12(7-4-8-12)11(15)14-9-10-5-2-1-3-6-10/h10H,1-9,13H2,(H,14,15). The van der Waals surface area contributed by atoms with Gasteiger partial charge in [0.1, 0.15) is 0 Å². The van der Waals surface area contributed by atoms with Crippen LogP contribution in [-0.2, 0) is 4.79 Å². The van der Waals surface area contributed by atoms with E-state index < -0.39 is 5.54 Å². The zero-order valence-corrected chi connectivity index (χ0v) is 9.43. The maximum Gasteiger partial charge on any atom is 0.240 e. The van der Waals surface area contributed by atoms with Gasteiger partial charge in [-0.2, -0.15) is 0 Å². The third-order valence-corrected chi connectivity index (χ3v) is 3.97. The van der Waals surface area contributed by atoms with E-state index in [2.05, 4.69) is 5.32 Å². The molecule has 0 atom stereocenters. The molecule has 1 amide bonds. The quantitative estimate of drug-likeness (QED) is 0.743. The SMILES string of the molecule is NC1(C(=O)NCC2CCCCC2)CCC1. The molecule has 0 aliphatic heterocycles. The Hall–Kier alpha value is -0.570. The third-order valence-electron chi connectivity index (χ3n) is 3.97. The lowest BCUT2D eigenvalue weighted by molar-refractivity contribution is -0.129. The number of carbonyl (C=O) groups excluding carboxylic acids is 1. The van der Waals surface area contributed by atoms with Crippen molar-refractivity contribution in [3.63, 3.8) is 0 Å². The van der Waals surface area contributed by atoms with Gasteiger partial charge in [-0.1, -0.05) is 19.3 Å². The summed E-state index contributed by atoms with van der Waals surface area (Å²) in [6, 6.07) is 0. The molecule has 0 aromatic carbocycles. The Morgan fingerprint density at radius 1 is 1.20 bits per heavy atom. The van der Waals surface area contributed by atoms with E-state index in [-0.39, 0.29) is 5.91 Å². The van der Waals surface area contributed by atoms with Gasteiger partial charge in [0, 0.05) is 6.54 Å². The smallest absolute Gasteiger partial charge is 0.240 e. The number of amides is 1. The number of hydrogen-bond acceptors (Lipinski definition) is 2. The highest BCUT2D eigenvalue weighted by Crippen LogP contribution is 2.29. The van der Waals surface area contributed by atoms with E-state index in [1.54, 1.807) is 0 Å². The van der Waals surface area contributed by atoms with Crippen molar-refractivity contribution in [2.24, 2.45) is 11.7 Å². The van der Waals surface area contributed by atoms with Crippen molar-refractivity contribution in [3.8, 4) is 0 Å². The zero-order valence-electron chi connectivity index (χ0n) is 9.43. The summed E-state index contributed by atoms with van der Waals surface area (Å²) in [7, 11) is 0. The molecule has 15 heavy (non-hydrogen) atoms. The molecule has 86 valence electrons. The molecule has 3 nitrogen and oxygen atoms in total. The summed E-state index contributed by atoms with van der Waals surface area (Å²) >= 11 is 0. The molecule has 0 aromatic rings. The topological polar surface area (TPSA) is 55.1 Å². The van der Waals surface area contributed by atoms with Gasteiger partial charge < -0.3 is 11.1 Å². The Bertz CT molecular complexity index is 230. The number of nitrogens with one attached hydrogen (secondary N) is 1. The van der Waals surface area contributed by atoms with E-state index in [1.165, 1.54) is 32.1 Å². The van der Waals surface area contributed by atoms with Crippen LogP contribution in [0.3, 0.4) is 0 Å². The fraction of sp³-hybridized carbons (Fsp3) is 0.917. The fourth-order valence-electron chi connectivity index (χ4n) is 2.59. The predicted octanol–water partition coefficient (Wildman–Crippen LogP) is 1.56. The maximum absolute atomic E-state index is 11.8. The molecule has 0 bridgehead atoms. The lowest BCUT2D eigenvalue weighted by atomic mass is 9.77. The first-order chi connectivity index (χ1) is 7.21. The summed E-state index contributed by atoms with van der Waals surface area (Å²) < 4.78 is 0. The van der Waals surface area contributed by atoms with Crippen LogP contribution in [0.15, 0.2) is 0 Å². The number of hydrogen-bond donors (Lipinski definition) is 2. The molecule has 0 unspecified atom stereocenters. The first kappa shape index (κ1) is 10.9. The van der Waals surface area contributed by atoms with Crippen molar-refractivity contribution in [2.45, 2.75) is 56.9 Å². The van der Waals surface area contributed by atoms with Gasteiger partial charge >= 0.3 is 0 Å².